The van der Waals surface area contributed by atoms with Crippen LogP contribution in [0.15, 0.2) is 0 Å². The molecule has 8 heteroatoms. The Morgan fingerprint density at radius 3 is 1.60 bits per heavy atom. The molecule has 0 aliphatic carbocycles. The molecule has 15 heavy (non-hydrogen) atoms. The number of nitrogens with zero attached hydrogens (tertiary/aromatic N) is 1. The molecule has 7 nitrogen and oxygen atoms in total. The van der Waals surface area contributed by atoms with E-state index in [1.54, 1.807) is 0 Å². The van der Waals surface area contributed by atoms with E-state index in [0.29, 0.717) is 0 Å². The van der Waals surface area contributed by atoms with Gasteiger partial charge in [0.2, 0.25) is 0 Å². The zero-order chi connectivity index (χ0) is 11.3. The summed E-state index contributed by atoms with van der Waals surface area (Å²) in [7, 11) is 0. The number of hydrogen-bond donors (Lipinski definition) is 3. The zero-order valence-corrected chi connectivity index (χ0v) is 10.5. The van der Waals surface area contributed by atoms with Crippen molar-refractivity contribution in [3.05, 3.63) is 0 Å². The van der Waals surface area contributed by atoms with Crippen molar-refractivity contribution in [3.8, 4) is 0 Å². The van der Waals surface area contributed by atoms with Gasteiger partial charge in [0.05, 0.1) is 13.1 Å². The maximum absolute atomic E-state index is 10.5. The normalized spacial score (nSPS) is 11.6. The second kappa shape index (κ2) is 7.63. The fourth-order valence-corrected chi connectivity index (χ4v) is 0.833. The van der Waals surface area contributed by atoms with Crippen LogP contribution in [-0.2, 0) is 14.4 Å². The molecule has 0 bridgehead atoms. The summed E-state index contributed by atoms with van der Waals surface area (Å²) in [6.07, 6.45) is 0. The van der Waals surface area contributed by atoms with E-state index in [0.717, 1.165) is 4.90 Å². The SMILES string of the molecule is CC(C(=O)O)N(CC(=O)O)CC(=O)O.[Na]. The fourth-order valence-electron chi connectivity index (χ4n) is 0.833. The molecule has 0 rings (SSSR count). The van der Waals surface area contributed by atoms with E-state index in [1.165, 1.54) is 6.92 Å². The van der Waals surface area contributed by atoms with Gasteiger partial charge in [0.25, 0.3) is 0 Å². The van der Waals surface area contributed by atoms with Crippen LogP contribution in [-0.4, -0.2) is 86.8 Å². The molecular formula is C7H11NNaO6. The Kier molecular flexibility index (Phi) is 8.54. The molecule has 81 valence electrons. The van der Waals surface area contributed by atoms with Gasteiger partial charge in [-0.2, -0.15) is 0 Å². The number of carbonyl (C=O) groups is 3. The third kappa shape index (κ3) is 7.32. The maximum Gasteiger partial charge on any atom is 0.320 e. The Labute approximate surface area is 108 Å². The van der Waals surface area contributed by atoms with E-state index in [1.807, 2.05) is 0 Å². The summed E-state index contributed by atoms with van der Waals surface area (Å²) in [5, 5.41) is 25.4. The molecule has 1 atom stereocenters. The maximum atomic E-state index is 10.5. The number of rotatable bonds is 6. The molecule has 0 aliphatic rings. The van der Waals surface area contributed by atoms with Gasteiger partial charge >= 0.3 is 17.9 Å². The van der Waals surface area contributed by atoms with Crippen molar-refractivity contribution in [1.29, 1.82) is 0 Å². The van der Waals surface area contributed by atoms with Gasteiger partial charge in [0.15, 0.2) is 0 Å². The van der Waals surface area contributed by atoms with Gasteiger partial charge in [-0.25, -0.2) is 0 Å². The van der Waals surface area contributed by atoms with E-state index in [4.69, 9.17) is 15.3 Å². The monoisotopic (exact) mass is 228 g/mol. The smallest absolute Gasteiger partial charge is 0.320 e. The van der Waals surface area contributed by atoms with Crippen molar-refractivity contribution < 1.29 is 29.7 Å². The number of aliphatic carboxylic acids is 3. The summed E-state index contributed by atoms with van der Waals surface area (Å²) in [6.45, 7) is 0.00769. The van der Waals surface area contributed by atoms with E-state index in [-0.39, 0.29) is 29.6 Å². The second-order valence-corrected chi connectivity index (χ2v) is 2.71. The zero-order valence-electron chi connectivity index (χ0n) is 8.51. The summed E-state index contributed by atoms with van der Waals surface area (Å²) in [4.78, 5) is 31.9. The molecule has 3 N–H and O–H groups in total. The van der Waals surface area contributed by atoms with E-state index in [9.17, 15) is 14.4 Å². The van der Waals surface area contributed by atoms with Crippen LogP contribution in [0.3, 0.4) is 0 Å². The number of carboxylic acids is 3. The first-order valence-electron chi connectivity index (χ1n) is 3.75. The quantitative estimate of drug-likeness (QED) is 0.476. The van der Waals surface area contributed by atoms with Crippen LogP contribution in [0.5, 0.6) is 0 Å². The Morgan fingerprint density at radius 2 is 1.40 bits per heavy atom. The van der Waals surface area contributed by atoms with Crippen molar-refractivity contribution in [1.82, 2.24) is 4.90 Å². The largest absolute Gasteiger partial charge is 0.480 e. The van der Waals surface area contributed by atoms with Crippen molar-refractivity contribution in [2.45, 2.75) is 13.0 Å². The second-order valence-electron chi connectivity index (χ2n) is 2.71. The third-order valence-corrected chi connectivity index (χ3v) is 1.58. The Morgan fingerprint density at radius 1 is 1.07 bits per heavy atom. The van der Waals surface area contributed by atoms with Gasteiger partial charge in [0.1, 0.15) is 6.04 Å². The molecule has 0 saturated heterocycles. The van der Waals surface area contributed by atoms with Gasteiger partial charge < -0.3 is 15.3 Å². The van der Waals surface area contributed by atoms with Crippen LogP contribution < -0.4 is 0 Å². The third-order valence-electron chi connectivity index (χ3n) is 1.58. The predicted molar refractivity (Wildman–Crippen MR) is 49.7 cm³/mol. The summed E-state index contributed by atoms with van der Waals surface area (Å²) in [5.41, 5.74) is 0. The first-order valence-corrected chi connectivity index (χ1v) is 3.75. The summed E-state index contributed by atoms with van der Waals surface area (Å²) in [5.74, 6) is -3.79. The minimum Gasteiger partial charge on any atom is -0.480 e. The van der Waals surface area contributed by atoms with Crippen molar-refractivity contribution in [3.63, 3.8) is 0 Å². The molecule has 0 spiro atoms. The van der Waals surface area contributed by atoms with Gasteiger partial charge in [-0.1, -0.05) is 0 Å². The first kappa shape index (κ1) is 16.8. The van der Waals surface area contributed by atoms with Gasteiger partial charge in [-0.05, 0) is 6.92 Å². The molecule has 0 aromatic carbocycles. The van der Waals surface area contributed by atoms with Gasteiger partial charge in [-0.15, -0.1) is 0 Å². The Bertz CT molecular complexity index is 240. The van der Waals surface area contributed by atoms with Crippen LogP contribution in [0.2, 0.25) is 0 Å². The number of carboxylic acid groups (broad SMARTS) is 3. The van der Waals surface area contributed by atoms with E-state index in [2.05, 4.69) is 0 Å². The summed E-state index contributed by atoms with van der Waals surface area (Å²) in [6, 6.07) is -1.14. The molecule has 0 amide bonds. The molecular weight excluding hydrogens is 217 g/mol. The van der Waals surface area contributed by atoms with Crippen LogP contribution in [0.1, 0.15) is 6.92 Å². The average Bonchev–Trinajstić information content (AvgIpc) is 1.99. The molecule has 1 unspecified atom stereocenters. The topological polar surface area (TPSA) is 115 Å². The Balaban J connectivity index is 0. The van der Waals surface area contributed by atoms with Crippen LogP contribution in [0, 0.1) is 0 Å². The standard InChI is InChI=1S/C7H11NO6.Na/c1-4(7(13)14)8(2-5(9)10)3-6(11)12;/h4H,2-3H2,1H3,(H,9,10)(H,11,12)(H,13,14);. The van der Waals surface area contributed by atoms with Gasteiger partial charge in [-0.3, -0.25) is 19.3 Å². The molecule has 0 fully saturated rings. The summed E-state index contributed by atoms with van der Waals surface area (Å²) >= 11 is 0. The fraction of sp³-hybridized carbons (Fsp3) is 0.571. The van der Waals surface area contributed by atoms with Crippen molar-refractivity contribution in [2.24, 2.45) is 0 Å². The van der Waals surface area contributed by atoms with Crippen molar-refractivity contribution >= 4 is 47.5 Å². The molecule has 0 saturated carbocycles. The summed E-state index contributed by atoms with van der Waals surface area (Å²) < 4.78 is 0. The molecule has 0 aromatic rings. The van der Waals surface area contributed by atoms with E-state index >= 15 is 0 Å². The van der Waals surface area contributed by atoms with Crippen molar-refractivity contribution in [2.75, 3.05) is 13.1 Å². The minimum atomic E-state index is -1.26. The predicted octanol–water partition coefficient (Wildman–Crippen LogP) is -1.45. The van der Waals surface area contributed by atoms with E-state index < -0.39 is 37.0 Å². The van der Waals surface area contributed by atoms with Crippen LogP contribution in [0.4, 0.5) is 0 Å². The van der Waals surface area contributed by atoms with Crippen LogP contribution >= 0.6 is 0 Å². The number of hydrogen-bond acceptors (Lipinski definition) is 4. The molecule has 0 heterocycles. The average molecular weight is 228 g/mol. The molecule has 1 radical (unpaired) electrons. The molecule has 0 aromatic heterocycles. The van der Waals surface area contributed by atoms with Crippen LogP contribution in [0.25, 0.3) is 0 Å². The Hall–Kier alpha value is -0.630. The first-order chi connectivity index (χ1) is 6.34. The minimum absolute atomic E-state index is 0. The molecule has 0 aliphatic heterocycles. The van der Waals surface area contributed by atoms with Gasteiger partial charge in [0, 0.05) is 29.6 Å².